The monoisotopic (exact) mass is 177 g/mol. The molecule has 0 spiro atoms. The van der Waals surface area contributed by atoms with Crippen LogP contribution >= 0.6 is 0 Å². The molecule has 1 aliphatic rings. The third kappa shape index (κ3) is 1.54. The van der Waals surface area contributed by atoms with Crippen molar-refractivity contribution < 1.29 is 5.11 Å². The second kappa shape index (κ2) is 3.38. The summed E-state index contributed by atoms with van der Waals surface area (Å²) >= 11 is 0. The van der Waals surface area contributed by atoms with Crippen LogP contribution in [-0.4, -0.2) is 17.8 Å². The van der Waals surface area contributed by atoms with Crippen LogP contribution in [0.2, 0.25) is 0 Å². The summed E-state index contributed by atoms with van der Waals surface area (Å²) in [6.45, 7) is 2.41. The van der Waals surface area contributed by atoms with Crippen LogP contribution in [0.3, 0.4) is 0 Å². The van der Waals surface area contributed by atoms with Gasteiger partial charge in [-0.05, 0) is 30.9 Å². The van der Waals surface area contributed by atoms with Crippen molar-refractivity contribution in [3.63, 3.8) is 0 Å². The normalized spacial score (nSPS) is 19.7. The highest BCUT2D eigenvalue weighted by Crippen LogP contribution is 2.29. The molecular weight excluding hydrogens is 162 g/mol. The van der Waals surface area contributed by atoms with Crippen molar-refractivity contribution in [3.05, 3.63) is 29.3 Å². The molecule has 2 N–H and O–H groups in total. The third-order valence-electron chi connectivity index (χ3n) is 2.54. The van der Waals surface area contributed by atoms with Gasteiger partial charge in [0, 0.05) is 18.3 Å². The van der Waals surface area contributed by atoms with Gasteiger partial charge in [0.1, 0.15) is 0 Å². The van der Waals surface area contributed by atoms with Gasteiger partial charge in [0.2, 0.25) is 0 Å². The first-order valence-corrected chi connectivity index (χ1v) is 4.79. The molecule has 0 fully saturated rings. The average Bonchev–Trinajstić information content (AvgIpc) is 2.47. The smallest absolute Gasteiger partial charge is 0.0472 e. The quantitative estimate of drug-likeness (QED) is 0.718. The number of nitrogens with one attached hydrogen (secondary N) is 1. The van der Waals surface area contributed by atoms with Crippen LogP contribution in [0.15, 0.2) is 18.2 Å². The van der Waals surface area contributed by atoms with Gasteiger partial charge in [0.15, 0.2) is 0 Å². The van der Waals surface area contributed by atoms with Gasteiger partial charge in [-0.1, -0.05) is 18.2 Å². The lowest BCUT2D eigenvalue weighted by atomic mass is 10.0. The Morgan fingerprint density at radius 1 is 1.54 bits per heavy atom. The first-order chi connectivity index (χ1) is 6.31. The zero-order chi connectivity index (χ0) is 9.26. The Labute approximate surface area is 78.6 Å². The molecule has 1 unspecified atom stereocenters. The second-order valence-electron chi connectivity index (χ2n) is 3.67. The number of hydrogen-bond acceptors (Lipinski definition) is 2. The molecule has 0 radical (unpaired) electrons. The Bertz CT molecular complexity index is 309. The van der Waals surface area contributed by atoms with Crippen molar-refractivity contribution in [2.75, 3.05) is 11.9 Å². The van der Waals surface area contributed by atoms with Crippen LogP contribution in [0.4, 0.5) is 5.69 Å². The summed E-state index contributed by atoms with van der Waals surface area (Å²) in [5.41, 5.74) is 3.88. The molecule has 1 aromatic carbocycles. The van der Waals surface area contributed by atoms with Gasteiger partial charge in [-0.3, -0.25) is 0 Å². The molecule has 1 aromatic rings. The molecule has 0 bridgehead atoms. The van der Waals surface area contributed by atoms with E-state index in [9.17, 15) is 0 Å². The van der Waals surface area contributed by atoms with Crippen LogP contribution in [0.5, 0.6) is 0 Å². The van der Waals surface area contributed by atoms with Crippen molar-refractivity contribution in [1.82, 2.24) is 0 Å². The summed E-state index contributed by atoms with van der Waals surface area (Å²) in [5, 5.41) is 12.3. The molecule has 2 nitrogen and oxygen atoms in total. The Morgan fingerprint density at radius 3 is 3.15 bits per heavy atom. The third-order valence-corrected chi connectivity index (χ3v) is 2.54. The second-order valence-corrected chi connectivity index (χ2v) is 3.67. The van der Waals surface area contributed by atoms with Gasteiger partial charge >= 0.3 is 0 Å². The lowest BCUT2D eigenvalue weighted by Gasteiger charge is -2.08. The SMILES string of the molecule is CC1Cc2cccc(CCO)c2N1. The number of fused-ring (bicyclic) bond motifs is 1. The van der Waals surface area contributed by atoms with Gasteiger partial charge in [0.25, 0.3) is 0 Å². The summed E-state index contributed by atoms with van der Waals surface area (Å²) in [6.07, 6.45) is 1.86. The summed E-state index contributed by atoms with van der Waals surface area (Å²) < 4.78 is 0. The molecular formula is C11H15NO. The van der Waals surface area contributed by atoms with E-state index in [4.69, 9.17) is 5.11 Å². The lowest BCUT2D eigenvalue weighted by molar-refractivity contribution is 0.300. The maximum atomic E-state index is 8.89. The summed E-state index contributed by atoms with van der Waals surface area (Å²) in [6, 6.07) is 6.85. The standard InChI is InChI=1S/C11H15NO/c1-8-7-10-4-2-3-9(5-6-13)11(10)12-8/h2-4,8,12-13H,5-7H2,1H3. The van der Waals surface area contributed by atoms with Crippen LogP contribution < -0.4 is 5.32 Å². The van der Waals surface area contributed by atoms with Gasteiger partial charge in [-0.2, -0.15) is 0 Å². The molecule has 0 saturated carbocycles. The minimum atomic E-state index is 0.229. The fraction of sp³-hybridized carbons (Fsp3) is 0.455. The van der Waals surface area contributed by atoms with Crippen LogP contribution in [0, 0.1) is 0 Å². The number of aliphatic hydroxyl groups excluding tert-OH is 1. The molecule has 1 heterocycles. The number of anilines is 1. The van der Waals surface area contributed by atoms with Gasteiger partial charge in [-0.15, -0.1) is 0 Å². The number of benzene rings is 1. The van der Waals surface area contributed by atoms with E-state index in [-0.39, 0.29) is 6.61 Å². The topological polar surface area (TPSA) is 32.3 Å². The van der Waals surface area contributed by atoms with Crippen LogP contribution in [-0.2, 0) is 12.8 Å². The number of rotatable bonds is 2. The van der Waals surface area contributed by atoms with E-state index in [2.05, 4.69) is 30.4 Å². The lowest BCUT2D eigenvalue weighted by Crippen LogP contribution is -2.09. The predicted octanol–water partition coefficient (Wildman–Crippen LogP) is 1.58. The summed E-state index contributed by atoms with van der Waals surface area (Å²) in [4.78, 5) is 0. The maximum Gasteiger partial charge on any atom is 0.0472 e. The Morgan fingerprint density at radius 2 is 2.38 bits per heavy atom. The fourth-order valence-corrected chi connectivity index (χ4v) is 1.96. The number of para-hydroxylation sites is 1. The zero-order valence-corrected chi connectivity index (χ0v) is 7.88. The van der Waals surface area contributed by atoms with Crippen molar-refractivity contribution in [3.8, 4) is 0 Å². The minimum absolute atomic E-state index is 0.229. The molecule has 0 amide bonds. The van der Waals surface area contributed by atoms with Crippen LogP contribution in [0.25, 0.3) is 0 Å². The first kappa shape index (κ1) is 8.57. The summed E-state index contributed by atoms with van der Waals surface area (Å²) in [7, 11) is 0. The van der Waals surface area contributed by atoms with Crippen molar-refractivity contribution >= 4 is 5.69 Å². The molecule has 70 valence electrons. The van der Waals surface area contributed by atoms with E-state index < -0.39 is 0 Å². The Kier molecular flexibility index (Phi) is 2.23. The van der Waals surface area contributed by atoms with E-state index in [0.29, 0.717) is 6.04 Å². The molecule has 0 aliphatic carbocycles. The molecule has 1 aliphatic heterocycles. The highest BCUT2D eigenvalue weighted by Gasteiger charge is 2.18. The maximum absolute atomic E-state index is 8.89. The molecule has 1 atom stereocenters. The molecule has 0 saturated heterocycles. The van der Waals surface area contributed by atoms with Crippen LogP contribution in [0.1, 0.15) is 18.1 Å². The molecule has 0 aromatic heterocycles. The molecule has 13 heavy (non-hydrogen) atoms. The largest absolute Gasteiger partial charge is 0.396 e. The van der Waals surface area contributed by atoms with Crippen molar-refractivity contribution in [1.29, 1.82) is 0 Å². The predicted molar refractivity (Wildman–Crippen MR) is 54.0 cm³/mol. The van der Waals surface area contributed by atoms with Crippen molar-refractivity contribution in [2.24, 2.45) is 0 Å². The van der Waals surface area contributed by atoms with E-state index in [1.807, 2.05) is 0 Å². The van der Waals surface area contributed by atoms with Gasteiger partial charge < -0.3 is 10.4 Å². The highest BCUT2D eigenvalue weighted by molar-refractivity contribution is 5.62. The van der Waals surface area contributed by atoms with Gasteiger partial charge in [0.05, 0.1) is 0 Å². The molecule has 2 rings (SSSR count). The van der Waals surface area contributed by atoms with Crippen molar-refractivity contribution in [2.45, 2.75) is 25.8 Å². The molecule has 2 heteroatoms. The Hall–Kier alpha value is -1.02. The van der Waals surface area contributed by atoms with E-state index in [0.717, 1.165) is 12.8 Å². The Balaban J connectivity index is 2.34. The van der Waals surface area contributed by atoms with E-state index >= 15 is 0 Å². The average molecular weight is 177 g/mol. The highest BCUT2D eigenvalue weighted by atomic mass is 16.2. The van der Waals surface area contributed by atoms with E-state index in [1.165, 1.54) is 16.8 Å². The number of hydrogen-bond donors (Lipinski definition) is 2. The number of aliphatic hydroxyl groups is 1. The minimum Gasteiger partial charge on any atom is -0.396 e. The fourth-order valence-electron chi connectivity index (χ4n) is 1.96. The van der Waals surface area contributed by atoms with E-state index in [1.54, 1.807) is 0 Å². The summed E-state index contributed by atoms with van der Waals surface area (Å²) in [5.74, 6) is 0. The van der Waals surface area contributed by atoms with Gasteiger partial charge in [-0.25, -0.2) is 0 Å². The first-order valence-electron chi connectivity index (χ1n) is 4.79. The zero-order valence-electron chi connectivity index (χ0n) is 7.88.